The highest BCUT2D eigenvalue weighted by atomic mass is 32.1. The number of aromatic nitrogens is 5. The van der Waals surface area contributed by atoms with Crippen LogP contribution < -0.4 is 20.7 Å². The molecule has 1 aliphatic heterocycles. The number of hydrogen-bond donors (Lipinski definition) is 3. The minimum atomic E-state index is -4.58. The zero-order valence-electron chi connectivity index (χ0n) is 20.3. The molecule has 0 spiro atoms. The number of rotatable bonds is 8. The van der Waals surface area contributed by atoms with Crippen LogP contribution >= 0.6 is 11.3 Å². The average Bonchev–Trinajstić information content (AvgIpc) is 3.78. The van der Waals surface area contributed by atoms with Crippen molar-refractivity contribution < 1.29 is 27.5 Å². The van der Waals surface area contributed by atoms with E-state index < -0.39 is 11.9 Å². The van der Waals surface area contributed by atoms with Crippen molar-refractivity contribution in [2.75, 3.05) is 23.8 Å². The van der Waals surface area contributed by atoms with Crippen LogP contribution in [0.2, 0.25) is 0 Å². The summed E-state index contributed by atoms with van der Waals surface area (Å²) in [6, 6.07) is 0.539. The Kier molecular flexibility index (Phi) is 6.04. The first-order valence-corrected chi connectivity index (χ1v) is 13.1. The van der Waals surface area contributed by atoms with Crippen LogP contribution in [-0.2, 0) is 24.4 Å². The van der Waals surface area contributed by atoms with E-state index in [4.69, 9.17) is 4.74 Å². The molecule has 2 fully saturated rings. The van der Waals surface area contributed by atoms with Crippen LogP contribution in [0.4, 0.5) is 29.9 Å². The van der Waals surface area contributed by atoms with Gasteiger partial charge in [-0.05, 0) is 31.6 Å². The van der Waals surface area contributed by atoms with Gasteiger partial charge in [0, 0.05) is 37.6 Å². The van der Waals surface area contributed by atoms with E-state index in [-0.39, 0.29) is 42.1 Å². The first-order chi connectivity index (χ1) is 18.2. The predicted molar refractivity (Wildman–Crippen MR) is 130 cm³/mol. The lowest BCUT2D eigenvalue weighted by atomic mass is 10.0. The number of ether oxygens (including phenoxy) is 1. The maximum atomic E-state index is 13.3. The SMILES string of the molecule is Cn1nc(C(F)(F)F)cc1Nc1nncn1[C@H]1COc2sc(NC(=O)C3CC3)c(C(=O)NCC3CC3)c2C1. The Morgan fingerprint density at radius 1 is 1.24 bits per heavy atom. The number of halogens is 3. The highest BCUT2D eigenvalue weighted by Gasteiger charge is 2.37. The number of nitrogens with zero attached hydrogens (tertiary/aromatic N) is 5. The summed E-state index contributed by atoms with van der Waals surface area (Å²) in [5.74, 6) is 0.386. The summed E-state index contributed by atoms with van der Waals surface area (Å²) in [4.78, 5) is 25.8. The topological polar surface area (TPSA) is 128 Å². The van der Waals surface area contributed by atoms with E-state index in [1.165, 1.54) is 24.7 Å². The Balaban J connectivity index is 1.26. The molecule has 1 atom stereocenters. The molecule has 2 saturated carbocycles. The van der Waals surface area contributed by atoms with Crippen LogP contribution in [0.25, 0.3) is 0 Å². The van der Waals surface area contributed by atoms with Gasteiger partial charge in [0.2, 0.25) is 11.9 Å². The molecule has 38 heavy (non-hydrogen) atoms. The van der Waals surface area contributed by atoms with Crippen molar-refractivity contribution in [1.29, 1.82) is 0 Å². The van der Waals surface area contributed by atoms with E-state index in [0.29, 0.717) is 40.1 Å². The fourth-order valence-corrected chi connectivity index (χ4v) is 5.45. The first kappa shape index (κ1) is 24.7. The largest absolute Gasteiger partial charge is 0.481 e. The Morgan fingerprint density at radius 2 is 2.03 bits per heavy atom. The molecule has 3 aliphatic rings. The molecule has 11 nitrogen and oxygen atoms in total. The second-order valence-electron chi connectivity index (χ2n) is 9.88. The molecular weight excluding hydrogens is 525 g/mol. The Hall–Kier alpha value is -3.62. The molecule has 202 valence electrons. The van der Waals surface area contributed by atoms with Crippen LogP contribution in [0.15, 0.2) is 12.4 Å². The van der Waals surface area contributed by atoms with Gasteiger partial charge in [0.05, 0.1) is 11.6 Å². The third-order valence-corrected chi connectivity index (χ3v) is 7.91. The Morgan fingerprint density at radius 3 is 2.71 bits per heavy atom. The smallest absolute Gasteiger partial charge is 0.435 e. The molecule has 0 radical (unpaired) electrons. The van der Waals surface area contributed by atoms with Gasteiger partial charge in [-0.15, -0.1) is 10.2 Å². The maximum Gasteiger partial charge on any atom is 0.435 e. The number of fused-ring (bicyclic) bond motifs is 1. The summed E-state index contributed by atoms with van der Waals surface area (Å²) >= 11 is 1.24. The van der Waals surface area contributed by atoms with Crippen molar-refractivity contribution in [2.24, 2.45) is 18.9 Å². The molecule has 0 bridgehead atoms. The van der Waals surface area contributed by atoms with E-state index >= 15 is 0 Å². The van der Waals surface area contributed by atoms with Gasteiger partial charge in [0.15, 0.2) is 10.8 Å². The molecule has 3 aromatic rings. The highest BCUT2D eigenvalue weighted by Crippen LogP contribution is 2.45. The number of amides is 2. The number of thiophene rings is 1. The van der Waals surface area contributed by atoms with Gasteiger partial charge in [0.1, 0.15) is 23.8 Å². The van der Waals surface area contributed by atoms with Gasteiger partial charge >= 0.3 is 6.18 Å². The van der Waals surface area contributed by atoms with E-state index in [1.807, 2.05) is 0 Å². The third-order valence-electron chi connectivity index (χ3n) is 6.85. The van der Waals surface area contributed by atoms with Crippen molar-refractivity contribution in [1.82, 2.24) is 29.9 Å². The van der Waals surface area contributed by atoms with Crippen LogP contribution in [-0.4, -0.2) is 49.5 Å². The number of carbonyl (C=O) groups excluding carboxylic acids is 2. The summed E-state index contributed by atoms with van der Waals surface area (Å²) in [5, 5.41) is 21.3. The molecule has 3 N–H and O–H groups in total. The summed E-state index contributed by atoms with van der Waals surface area (Å²) in [6.45, 7) is 0.798. The van der Waals surface area contributed by atoms with Crippen molar-refractivity contribution in [2.45, 2.75) is 44.3 Å². The first-order valence-electron chi connectivity index (χ1n) is 12.3. The lowest BCUT2D eigenvalue weighted by Crippen LogP contribution is -2.29. The van der Waals surface area contributed by atoms with Crippen LogP contribution in [0, 0.1) is 11.8 Å². The van der Waals surface area contributed by atoms with Gasteiger partial charge in [-0.2, -0.15) is 18.3 Å². The Labute approximate surface area is 218 Å². The molecule has 0 unspecified atom stereocenters. The minimum Gasteiger partial charge on any atom is -0.481 e. The number of carbonyl (C=O) groups is 2. The number of alkyl halides is 3. The predicted octanol–water partition coefficient (Wildman–Crippen LogP) is 3.50. The summed E-state index contributed by atoms with van der Waals surface area (Å²) < 4.78 is 48.0. The minimum absolute atomic E-state index is 0.0271. The molecule has 3 aromatic heterocycles. The fraction of sp³-hybridized carbons (Fsp3) is 0.522. The molecule has 2 aliphatic carbocycles. The lowest BCUT2D eigenvalue weighted by Gasteiger charge is -2.25. The molecule has 0 saturated heterocycles. The number of aryl methyl sites for hydroxylation is 1. The van der Waals surface area contributed by atoms with Crippen molar-refractivity contribution in [3.05, 3.63) is 29.2 Å². The highest BCUT2D eigenvalue weighted by molar-refractivity contribution is 7.18. The molecule has 0 aromatic carbocycles. The molecule has 4 heterocycles. The lowest BCUT2D eigenvalue weighted by molar-refractivity contribution is -0.141. The van der Waals surface area contributed by atoms with Gasteiger partial charge in [-0.1, -0.05) is 11.3 Å². The average molecular weight is 551 g/mol. The van der Waals surface area contributed by atoms with Crippen LogP contribution in [0.3, 0.4) is 0 Å². The van der Waals surface area contributed by atoms with Gasteiger partial charge in [-0.25, -0.2) is 0 Å². The van der Waals surface area contributed by atoms with Crippen molar-refractivity contribution in [3.8, 4) is 5.06 Å². The van der Waals surface area contributed by atoms with E-state index in [1.54, 1.807) is 4.57 Å². The van der Waals surface area contributed by atoms with Crippen molar-refractivity contribution >= 4 is 39.9 Å². The van der Waals surface area contributed by atoms with Crippen molar-refractivity contribution in [3.63, 3.8) is 0 Å². The molecule has 2 amide bonds. The second-order valence-corrected chi connectivity index (χ2v) is 10.9. The van der Waals surface area contributed by atoms with E-state index in [2.05, 4.69) is 31.2 Å². The molecular formula is C23H25F3N8O3S. The van der Waals surface area contributed by atoms with E-state index in [0.717, 1.165) is 36.4 Å². The van der Waals surface area contributed by atoms with Crippen LogP contribution in [0.1, 0.15) is 53.3 Å². The standard InChI is InChI=1S/C23H25F3N8O3S/c1-33-16(7-15(32-33)23(24,25)26)29-22-31-28-10-34(22)13-6-14-17(19(36)27-8-11-2-3-11)20(38-21(14)37-9-13)30-18(35)12-4-5-12/h7,10-13H,2-6,8-9H2,1H3,(H,27,36)(H,29,31)(H,30,35)/t13-/m1/s1. The monoisotopic (exact) mass is 550 g/mol. The van der Waals surface area contributed by atoms with E-state index in [9.17, 15) is 22.8 Å². The second kappa shape index (κ2) is 9.29. The third kappa shape index (κ3) is 4.93. The fourth-order valence-electron chi connectivity index (χ4n) is 4.36. The zero-order valence-corrected chi connectivity index (χ0v) is 21.2. The number of nitrogens with one attached hydrogen (secondary N) is 3. The summed E-state index contributed by atoms with van der Waals surface area (Å²) in [6.07, 6.45) is 1.10. The Bertz CT molecular complexity index is 1390. The normalized spacial score (nSPS) is 19.0. The molecule has 6 rings (SSSR count). The molecule has 15 heteroatoms. The van der Waals surface area contributed by atoms with Gasteiger partial charge < -0.3 is 20.7 Å². The van der Waals surface area contributed by atoms with Gasteiger partial charge in [-0.3, -0.25) is 18.8 Å². The zero-order chi connectivity index (χ0) is 26.6. The maximum absolute atomic E-state index is 13.3. The summed E-state index contributed by atoms with van der Waals surface area (Å²) in [5.41, 5.74) is 0.0404. The summed E-state index contributed by atoms with van der Waals surface area (Å²) in [7, 11) is 1.39. The van der Waals surface area contributed by atoms with Gasteiger partial charge in [0.25, 0.3) is 5.91 Å². The van der Waals surface area contributed by atoms with Crippen LogP contribution in [0.5, 0.6) is 5.06 Å². The number of hydrogen-bond acceptors (Lipinski definition) is 8. The quantitative estimate of drug-likeness (QED) is 0.392. The number of anilines is 3.